The summed E-state index contributed by atoms with van der Waals surface area (Å²) in [6.45, 7) is 10.8. The Morgan fingerprint density at radius 3 is 2.73 bits per heavy atom. The molecule has 1 saturated heterocycles. The Balaban J connectivity index is 1.81. The van der Waals surface area contributed by atoms with Crippen LogP contribution >= 0.6 is 0 Å². The van der Waals surface area contributed by atoms with Gasteiger partial charge in [0.25, 0.3) is 0 Å². The molecule has 124 valence electrons. The molecule has 22 heavy (non-hydrogen) atoms. The minimum atomic E-state index is -0.612. The first-order chi connectivity index (χ1) is 10.5. The average Bonchev–Trinajstić information content (AvgIpc) is 2.48. The average molecular weight is 324 g/mol. The number of ether oxygens (including phenoxy) is 1. The lowest BCUT2D eigenvalue weighted by Gasteiger charge is -2.40. The summed E-state index contributed by atoms with van der Waals surface area (Å²) in [5, 5.41) is 3.55. The Kier molecular flexibility index (Phi) is 6.41. The highest BCUT2D eigenvalue weighted by molar-refractivity contribution is 7.85. The molecule has 0 bridgehead atoms. The second kappa shape index (κ2) is 8.09. The van der Waals surface area contributed by atoms with Crippen molar-refractivity contribution in [2.45, 2.75) is 32.9 Å². The fourth-order valence-corrected chi connectivity index (χ4v) is 3.83. The zero-order chi connectivity index (χ0) is 16.0. The monoisotopic (exact) mass is 324 g/mol. The first-order valence-electron chi connectivity index (χ1n) is 8.04. The lowest BCUT2D eigenvalue weighted by molar-refractivity contribution is 0.130. The molecule has 1 aromatic carbocycles. The quantitative estimate of drug-likeness (QED) is 0.833. The summed E-state index contributed by atoms with van der Waals surface area (Å²) in [5.41, 5.74) is 1.32. The van der Waals surface area contributed by atoms with Crippen molar-refractivity contribution in [3.05, 3.63) is 29.8 Å². The molecule has 4 nitrogen and oxygen atoms in total. The van der Waals surface area contributed by atoms with Gasteiger partial charge < -0.3 is 10.1 Å². The number of nitrogens with one attached hydrogen (secondary N) is 1. The second-order valence-electron chi connectivity index (χ2n) is 6.33. The van der Waals surface area contributed by atoms with Gasteiger partial charge in [0.15, 0.2) is 0 Å². The van der Waals surface area contributed by atoms with Gasteiger partial charge in [-0.2, -0.15) is 0 Å². The summed E-state index contributed by atoms with van der Waals surface area (Å²) in [5.74, 6) is 2.54. The molecule has 1 heterocycles. The predicted molar refractivity (Wildman–Crippen MR) is 92.8 cm³/mol. The van der Waals surface area contributed by atoms with Gasteiger partial charge in [-0.25, -0.2) is 0 Å². The molecular weight excluding hydrogens is 296 g/mol. The van der Waals surface area contributed by atoms with Crippen LogP contribution in [0, 0.1) is 0 Å². The Morgan fingerprint density at radius 2 is 2.05 bits per heavy atom. The Morgan fingerprint density at radius 1 is 1.32 bits per heavy atom. The van der Waals surface area contributed by atoms with Crippen molar-refractivity contribution in [3.8, 4) is 5.75 Å². The van der Waals surface area contributed by atoms with Gasteiger partial charge in [0.05, 0.1) is 6.61 Å². The van der Waals surface area contributed by atoms with Gasteiger partial charge in [-0.3, -0.25) is 9.11 Å². The van der Waals surface area contributed by atoms with Crippen LogP contribution in [-0.4, -0.2) is 52.4 Å². The van der Waals surface area contributed by atoms with E-state index >= 15 is 0 Å². The van der Waals surface area contributed by atoms with Crippen LogP contribution < -0.4 is 10.1 Å². The normalized spacial score (nSPS) is 17.6. The molecule has 1 aliphatic heterocycles. The van der Waals surface area contributed by atoms with E-state index < -0.39 is 10.8 Å². The second-order valence-corrected chi connectivity index (χ2v) is 8.03. The number of hydrogen-bond acceptors (Lipinski definition) is 4. The van der Waals surface area contributed by atoms with E-state index in [0.717, 1.165) is 43.4 Å². The predicted octanol–water partition coefficient (Wildman–Crippen LogP) is 2.02. The lowest BCUT2D eigenvalue weighted by Crippen LogP contribution is -2.55. The lowest BCUT2D eigenvalue weighted by atomic mass is 10.0. The Bertz CT molecular complexity index is 495. The highest BCUT2D eigenvalue weighted by Crippen LogP contribution is 2.17. The highest BCUT2D eigenvalue weighted by atomic mass is 32.2. The van der Waals surface area contributed by atoms with Crippen molar-refractivity contribution in [1.29, 1.82) is 0 Å². The molecule has 1 N–H and O–H groups in total. The Hall–Kier alpha value is -0.910. The van der Waals surface area contributed by atoms with E-state index in [9.17, 15) is 4.21 Å². The van der Waals surface area contributed by atoms with Gasteiger partial charge >= 0.3 is 0 Å². The topological polar surface area (TPSA) is 41.6 Å². The van der Waals surface area contributed by atoms with Gasteiger partial charge in [-0.05, 0) is 38.5 Å². The van der Waals surface area contributed by atoms with Crippen LogP contribution in [0.4, 0.5) is 0 Å². The molecule has 0 saturated carbocycles. The molecule has 2 rings (SSSR count). The van der Waals surface area contributed by atoms with E-state index in [0.29, 0.717) is 6.61 Å². The van der Waals surface area contributed by atoms with Crippen LogP contribution in [0.25, 0.3) is 0 Å². The summed E-state index contributed by atoms with van der Waals surface area (Å²) < 4.78 is 17.0. The van der Waals surface area contributed by atoms with Crippen LogP contribution in [0.5, 0.6) is 5.75 Å². The van der Waals surface area contributed by atoms with E-state index in [2.05, 4.69) is 36.2 Å². The van der Waals surface area contributed by atoms with E-state index in [4.69, 9.17) is 4.74 Å². The van der Waals surface area contributed by atoms with Gasteiger partial charge in [0.1, 0.15) is 5.75 Å². The number of rotatable bonds is 7. The summed E-state index contributed by atoms with van der Waals surface area (Å²) in [6, 6.07) is 8.23. The van der Waals surface area contributed by atoms with Crippen molar-refractivity contribution in [3.63, 3.8) is 0 Å². The maximum absolute atomic E-state index is 11.5. The van der Waals surface area contributed by atoms with Gasteiger partial charge in [0.2, 0.25) is 0 Å². The van der Waals surface area contributed by atoms with Crippen molar-refractivity contribution in [1.82, 2.24) is 10.2 Å². The molecular formula is C17H28N2O2S. The zero-order valence-electron chi connectivity index (χ0n) is 13.9. The van der Waals surface area contributed by atoms with Crippen LogP contribution in [-0.2, 0) is 17.3 Å². The smallest absolute Gasteiger partial charge is 0.119 e. The van der Waals surface area contributed by atoms with Crippen LogP contribution in [0.1, 0.15) is 26.3 Å². The summed E-state index contributed by atoms with van der Waals surface area (Å²) in [6.07, 6.45) is 0. The first-order valence-corrected chi connectivity index (χ1v) is 9.52. The van der Waals surface area contributed by atoms with Crippen LogP contribution in [0.15, 0.2) is 24.3 Å². The van der Waals surface area contributed by atoms with E-state index in [1.807, 2.05) is 19.1 Å². The van der Waals surface area contributed by atoms with E-state index in [-0.39, 0.29) is 5.54 Å². The highest BCUT2D eigenvalue weighted by Gasteiger charge is 2.29. The number of benzene rings is 1. The fraction of sp³-hybridized carbons (Fsp3) is 0.647. The Labute approximate surface area is 136 Å². The fourth-order valence-electron chi connectivity index (χ4n) is 2.78. The van der Waals surface area contributed by atoms with Crippen LogP contribution in [0.2, 0.25) is 0 Å². The standard InChI is InChI=1S/C17H28N2O2S/c1-4-21-16-7-5-6-15(12-16)13-18-14-17(2,3)19-8-10-22(20)11-9-19/h5-7,12,18H,4,8-11,13-14H2,1-3H3. The third-order valence-corrected chi connectivity index (χ3v) is 5.41. The van der Waals surface area contributed by atoms with Crippen molar-refractivity contribution in [2.24, 2.45) is 0 Å². The molecule has 0 atom stereocenters. The maximum atomic E-state index is 11.5. The zero-order valence-corrected chi connectivity index (χ0v) is 14.7. The van der Waals surface area contributed by atoms with Gasteiger partial charge in [0, 0.05) is 54.0 Å². The van der Waals surface area contributed by atoms with Gasteiger partial charge in [-0.1, -0.05) is 12.1 Å². The molecule has 0 aliphatic carbocycles. The first kappa shape index (κ1) is 17.4. The molecule has 5 heteroatoms. The van der Waals surface area contributed by atoms with Crippen molar-refractivity contribution < 1.29 is 8.95 Å². The van der Waals surface area contributed by atoms with E-state index in [1.165, 1.54) is 5.56 Å². The van der Waals surface area contributed by atoms with Crippen molar-refractivity contribution in [2.75, 3.05) is 37.7 Å². The molecule has 1 aliphatic rings. The molecule has 1 fully saturated rings. The maximum Gasteiger partial charge on any atom is 0.119 e. The summed E-state index contributed by atoms with van der Waals surface area (Å²) >= 11 is 0. The van der Waals surface area contributed by atoms with Crippen molar-refractivity contribution >= 4 is 10.8 Å². The molecule has 0 amide bonds. The molecule has 0 unspecified atom stereocenters. The van der Waals surface area contributed by atoms with Crippen LogP contribution in [0.3, 0.4) is 0 Å². The third-order valence-electron chi connectivity index (χ3n) is 4.13. The number of hydrogen-bond donors (Lipinski definition) is 1. The molecule has 1 aromatic rings. The summed E-state index contributed by atoms with van der Waals surface area (Å²) in [7, 11) is -0.612. The SMILES string of the molecule is CCOc1cccc(CNCC(C)(C)N2CCS(=O)CC2)c1. The minimum absolute atomic E-state index is 0.0855. The number of nitrogens with zero attached hydrogens (tertiary/aromatic N) is 1. The summed E-state index contributed by atoms with van der Waals surface area (Å²) in [4.78, 5) is 2.44. The minimum Gasteiger partial charge on any atom is -0.494 e. The largest absolute Gasteiger partial charge is 0.494 e. The third kappa shape index (κ3) is 5.07. The molecule has 0 radical (unpaired) electrons. The molecule has 0 aromatic heterocycles. The molecule has 0 spiro atoms. The van der Waals surface area contributed by atoms with E-state index in [1.54, 1.807) is 0 Å². The van der Waals surface area contributed by atoms with Gasteiger partial charge in [-0.15, -0.1) is 0 Å².